The van der Waals surface area contributed by atoms with Gasteiger partial charge in [0.1, 0.15) is 17.5 Å². The molecule has 1 N–H and O–H groups in total. The molecule has 1 spiro atoms. The maximum atomic E-state index is 12.3. The third-order valence-electron chi connectivity index (χ3n) is 3.91. The van der Waals surface area contributed by atoms with Crippen LogP contribution in [0.4, 0.5) is 8.78 Å². The van der Waals surface area contributed by atoms with Gasteiger partial charge in [-0.1, -0.05) is 12.1 Å². The highest BCUT2D eigenvalue weighted by atomic mass is 19.3. The number of nitrogens with zero attached hydrogens (tertiary/aromatic N) is 1. The number of likely N-dealkylation sites (N-methyl/N-ethyl adjacent to an activating group) is 1. The zero-order valence-electron chi connectivity index (χ0n) is 11.1. The summed E-state index contributed by atoms with van der Waals surface area (Å²) in [6.07, 6.45) is 1.55. The third-order valence-corrected chi connectivity index (χ3v) is 3.91. The number of carbonyl (C=O) groups excluding carboxylic acids is 1. The van der Waals surface area contributed by atoms with Crippen molar-refractivity contribution < 1.29 is 18.3 Å². The highest BCUT2D eigenvalue weighted by Crippen LogP contribution is 2.45. The predicted molar refractivity (Wildman–Crippen MR) is 68.3 cm³/mol. The van der Waals surface area contributed by atoms with E-state index in [1.165, 1.54) is 12.1 Å². The Kier molecular flexibility index (Phi) is 3.12. The summed E-state index contributed by atoms with van der Waals surface area (Å²) in [6.45, 7) is -0.274. The van der Waals surface area contributed by atoms with Crippen LogP contribution in [0.3, 0.4) is 0 Å². The minimum Gasteiger partial charge on any atom is -0.435 e. The summed E-state index contributed by atoms with van der Waals surface area (Å²) < 4.78 is 28.5. The van der Waals surface area contributed by atoms with Gasteiger partial charge in [-0.3, -0.25) is 10.1 Å². The van der Waals surface area contributed by atoms with Crippen molar-refractivity contribution in [1.29, 1.82) is 0 Å². The normalized spacial score (nSPS) is 23.7. The molecule has 0 bridgehead atoms. The molecule has 1 heterocycles. The molecule has 1 saturated carbocycles. The van der Waals surface area contributed by atoms with Gasteiger partial charge in [0.05, 0.1) is 0 Å². The van der Waals surface area contributed by atoms with Crippen molar-refractivity contribution >= 4 is 5.91 Å². The number of carbonyl (C=O) groups is 1. The molecule has 1 saturated heterocycles. The second kappa shape index (κ2) is 4.70. The topological polar surface area (TPSA) is 41.6 Å². The van der Waals surface area contributed by atoms with E-state index in [1.807, 2.05) is 6.92 Å². The highest BCUT2D eigenvalue weighted by Gasteiger charge is 2.58. The van der Waals surface area contributed by atoms with E-state index < -0.39 is 6.61 Å². The fourth-order valence-electron chi connectivity index (χ4n) is 2.70. The van der Waals surface area contributed by atoms with Crippen molar-refractivity contribution in [3.63, 3.8) is 0 Å². The van der Waals surface area contributed by atoms with E-state index in [2.05, 4.69) is 10.1 Å². The van der Waals surface area contributed by atoms with Gasteiger partial charge in [-0.15, -0.1) is 0 Å². The van der Waals surface area contributed by atoms with E-state index in [-0.39, 0.29) is 23.4 Å². The SMILES string of the molecule is CCN1C(=O)C2(CC2)NC1c1ccc(OC(F)F)cc1. The summed E-state index contributed by atoms with van der Waals surface area (Å²) in [5.41, 5.74) is 0.504. The van der Waals surface area contributed by atoms with Crippen molar-refractivity contribution in [2.24, 2.45) is 0 Å². The van der Waals surface area contributed by atoms with Crippen molar-refractivity contribution in [3.8, 4) is 5.75 Å². The molecular weight excluding hydrogens is 266 g/mol. The number of hydrogen-bond acceptors (Lipinski definition) is 3. The Balaban J connectivity index is 1.80. The molecule has 2 aliphatic rings. The fourth-order valence-corrected chi connectivity index (χ4v) is 2.70. The lowest BCUT2D eigenvalue weighted by molar-refractivity contribution is -0.130. The number of amides is 1. The van der Waals surface area contributed by atoms with Crippen molar-refractivity contribution in [2.45, 2.75) is 38.1 Å². The molecule has 1 atom stereocenters. The van der Waals surface area contributed by atoms with Crippen molar-refractivity contribution in [2.75, 3.05) is 6.54 Å². The molecule has 1 amide bonds. The van der Waals surface area contributed by atoms with Gasteiger partial charge in [-0.05, 0) is 37.5 Å². The van der Waals surface area contributed by atoms with Crippen LogP contribution >= 0.6 is 0 Å². The highest BCUT2D eigenvalue weighted by molar-refractivity contribution is 5.92. The minimum atomic E-state index is -2.83. The van der Waals surface area contributed by atoms with Crippen molar-refractivity contribution in [1.82, 2.24) is 10.2 Å². The van der Waals surface area contributed by atoms with Crippen LogP contribution in [0.1, 0.15) is 31.5 Å². The maximum Gasteiger partial charge on any atom is 0.387 e. The molecule has 1 unspecified atom stereocenters. The van der Waals surface area contributed by atoms with Gasteiger partial charge in [-0.2, -0.15) is 8.78 Å². The lowest BCUT2D eigenvalue weighted by Crippen LogP contribution is -2.32. The van der Waals surface area contributed by atoms with E-state index in [4.69, 9.17) is 0 Å². The molecule has 3 rings (SSSR count). The molecular formula is C14H16F2N2O2. The smallest absolute Gasteiger partial charge is 0.387 e. The van der Waals surface area contributed by atoms with Crippen LogP contribution in [0.5, 0.6) is 5.75 Å². The molecule has 0 radical (unpaired) electrons. The molecule has 1 aromatic carbocycles. The van der Waals surface area contributed by atoms with Crippen LogP contribution in [-0.2, 0) is 4.79 Å². The largest absolute Gasteiger partial charge is 0.435 e. The molecule has 1 aromatic rings. The second-order valence-electron chi connectivity index (χ2n) is 5.17. The first-order chi connectivity index (χ1) is 9.55. The quantitative estimate of drug-likeness (QED) is 0.921. The van der Waals surface area contributed by atoms with Gasteiger partial charge in [0.15, 0.2) is 0 Å². The first-order valence-corrected chi connectivity index (χ1v) is 6.69. The molecule has 1 aliphatic carbocycles. The van der Waals surface area contributed by atoms with Gasteiger partial charge in [0, 0.05) is 6.54 Å². The zero-order valence-corrected chi connectivity index (χ0v) is 11.1. The van der Waals surface area contributed by atoms with Gasteiger partial charge in [0.2, 0.25) is 5.91 Å². The first kappa shape index (κ1) is 13.3. The van der Waals surface area contributed by atoms with Crippen LogP contribution in [0.15, 0.2) is 24.3 Å². The summed E-state index contributed by atoms with van der Waals surface area (Å²) in [5, 5.41) is 3.36. The summed E-state index contributed by atoms with van der Waals surface area (Å²) in [5.74, 6) is 0.259. The number of rotatable bonds is 4. The summed E-state index contributed by atoms with van der Waals surface area (Å²) in [6, 6.07) is 6.43. The van der Waals surface area contributed by atoms with E-state index >= 15 is 0 Å². The van der Waals surface area contributed by atoms with E-state index in [0.717, 1.165) is 18.4 Å². The third kappa shape index (κ3) is 2.14. The van der Waals surface area contributed by atoms with Crippen LogP contribution in [0.25, 0.3) is 0 Å². The van der Waals surface area contributed by atoms with Crippen LogP contribution in [0.2, 0.25) is 0 Å². The van der Waals surface area contributed by atoms with Gasteiger partial charge >= 0.3 is 6.61 Å². The Bertz CT molecular complexity index is 514. The molecule has 0 aromatic heterocycles. The average Bonchev–Trinajstić information content (AvgIpc) is 3.13. The Morgan fingerprint density at radius 1 is 1.40 bits per heavy atom. The number of nitrogens with one attached hydrogen (secondary N) is 1. The Labute approximate surface area is 115 Å². The number of ether oxygens (including phenoxy) is 1. The molecule has 6 heteroatoms. The molecule has 1 aliphatic heterocycles. The molecule has 2 fully saturated rings. The Morgan fingerprint density at radius 2 is 2.05 bits per heavy atom. The molecule has 20 heavy (non-hydrogen) atoms. The Hall–Kier alpha value is -1.69. The lowest BCUT2D eigenvalue weighted by atomic mass is 10.1. The van der Waals surface area contributed by atoms with Crippen LogP contribution < -0.4 is 10.1 Å². The number of hydrogen-bond donors (Lipinski definition) is 1. The summed E-state index contributed by atoms with van der Waals surface area (Å²) >= 11 is 0. The number of alkyl halides is 2. The van der Waals surface area contributed by atoms with E-state index in [1.54, 1.807) is 17.0 Å². The minimum absolute atomic E-state index is 0.122. The van der Waals surface area contributed by atoms with Crippen LogP contribution in [0, 0.1) is 0 Å². The maximum absolute atomic E-state index is 12.3. The molecule has 108 valence electrons. The predicted octanol–water partition coefficient (Wildman–Crippen LogP) is 2.27. The summed E-state index contributed by atoms with van der Waals surface area (Å²) in [4.78, 5) is 14.0. The number of halogens is 2. The van der Waals surface area contributed by atoms with Crippen molar-refractivity contribution in [3.05, 3.63) is 29.8 Å². The van der Waals surface area contributed by atoms with Gasteiger partial charge in [-0.25, -0.2) is 0 Å². The summed E-state index contributed by atoms with van der Waals surface area (Å²) in [7, 11) is 0. The van der Waals surface area contributed by atoms with Crippen LogP contribution in [-0.4, -0.2) is 29.5 Å². The fraction of sp³-hybridized carbons (Fsp3) is 0.500. The molecule has 4 nitrogen and oxygen atoms in total. The first-order valence-electron chi connectivity index (χ1n) is 6.69. The average molecular weight is 282 g/mol. The standard InChI is InChI=1S/C14H16F2N2O2/c1-2-18-11(17-14(7-8-14)12(18)19)9-3-5-10(6-4-9)20-13(15)16/h3-6,11,13,17H,2,7-8H2,1H3. The van der Waals surface area contributed by atoms with E-state index in [9.17, 15) is 13.6 Å². The monoisotopic (exact) mass is 282 g/mol. The Morgan fingerprint density at radius 3 is 2.55 bits per heavy atom. The number of benzene rings is 1. The zero-order chi connectivity index (χ0) is 14.3. The van der Waals surface area contributed by atoms with Gasteiger partial charge in [0.25, 0.3) is 0 Å². The second-order valence-corrected chi connectivity index (χ2v) is 5.17. The van der Waals surface area contributed by atoms with Gasteiger partial charge < -0.3 is 9.64 Å². The lowest BCUT2D eigenvalue weighted by Gasteiger charge is -2.23. The van der Waals surface area contributed by atoms with E-state index in [0.29, 0.717) is 6.54 Å².